The van der Waals surface area contributed by atoms with Crippen LogP contribution in [-0.2, 0) is 28.5 Å². The van der Waals surface area contributed by atoms with Crippen molar-refractivity contribution in [1.29, 1.82) is 0 Å². The molecule has 5 rings (SSSR count). The maximum absolute atomic E-state index is 10.9. The predicted molar refractivity (Wildman–Crippen MR) is 147 cm³/mol. The van der Waals surface area contributed by atoms with Crippen LogP contribution in [0.15, 0.2) is 18.7 Å². The van der Waals surface area contributed by atoms with Crippen molar-refractivity contribution in [2.75, 3.05) is 39.6 Å². The summed E-state index contributed by atoms with van der Waals surface area (Å²) in [6.45, 7) is 15.5. The largest absolute Gasteiger partial charge is 2.00 e. The molecule has 0 aromatic rings. The van der Waals surface area contributed by atoms with Gasteiger partial charge in [-0.25, -0.2) is 0 Å². The molecule has 5 fully saturated rings. The Morgan fingerprint density at radius 2 is 1.19 bits per heavy atom. The molecule has 10 heteroatoms. The summed E-state index contributed by atoms with van der Waals surface area (Å²) in [6, 6.07) is 0. The van der Waals surface area contributed by atoms with Gasteiger partial charge in [0.1, 0.15) is 5.78 Å². The molecule has 0 aromatic carbocycles. The molecule has 3 heterocycles. The van der Waals surface area contributed by atoms with Gasteiger partial charge in [0.05, 0.1) is 32.0 Å². The van der Waals surface area contributed by atoms with E-state index in [1.54, 1.807) is 6.92 Å². The molecule has 3 saturated heterocycles. The van der Waals surface area contributed by atoms with Crippen molar-refractivity contribution in [2.45, 2.75) is 95.2 Å². The predicted octanol–water partition coefficient (Wildman–Crippen LogP) is 1.52. The van der Waals surface area contributed by atoms with Crippen molar-refractivity contribution in [3.8, 4) is 0 Å². The number of hydrogen-bond acceptors (Lipinski definition) is 7. The zero-order chi connectivity index (χ0) is 24.2. The number of ether oxygens (including phenoxy) is 5. The van der Waals surface area contributed by atoms with Gasteiger partial charge in [0.25, 0.3) is 0 Å². The molecule has 0 bridgehead atoms. The topological polar surface area (TPSA) is 83.5 Å². The minimum Gasteiger partial charge on any atom is -1.00 e. The molecule has 0 radical (unpaired) electrons. The van der Waals surface area contributed by atoms with Crippen LogP contribution in [0.4, 0.5) is 0 Å². The smallest absolute Gasteiger partial charge is 1.00 e. The summed E-state index contributed by atoms with van der Waals surface area (Å²) in [5, 5.41) is 10.2. The second kappa shape index (κ2) is 19.9. The Labute approximate surface area is 261 Å². The first-order chi connectivity index (χ1) is 15.8. The van der Waals surface area contributed by atoms with E-state index >= 15 is 0 Å². The van der Waals surface area contributed by atoms with Gasteiger partial charge in [-0.3, -0.25) is 11.4 Å². The van der Waals surface area contributed by atoms with Crippen molar-refractivity contribution >= 4 is 52.8 Å². The second-order valence-electron chi connectivity index (χ2n) is 9.24. The van der Waals surface area contributed by atoms with Crippen LogP contribution >= 0.6 is 24.0 Å². The summed E-state index contributed by atoms with van der Waals surface area (Å²) in [7, 11) is 0. The van der Waals surface area contributed by atoms with Crippen LogP contribution in [0.3, 0.4) is 0 Å². The Kier molecular flexibility index (Phi) is 21.5. The van der Waals surface area contributed by atoms with E-state index in [0.717, 1.165) is 44.5 Å². The summed E-state index contributed by atoms with van der Waals surface area (Å²) < 4.78 is 27.0. The van der Waals surface area contributed by atoms with Crippen LogP contribution in [0.1, 0.15) is 78.1 Å². The fourth-order valence-corrected chi connectivity index (χ4v) is 4.46. The van der Waals surface area contributed by atoms with E-state index in [0.29, 0.717) is 57.9 Å². The van der Waals surface area contributed by atoms with Crippen LogP contribution in [0.5, 0.6) is 0 Å². The van der Waals surface area contributed by atoms with E-state index in [-0.39, 0.29) is 75.6 Å². The van der Waals surface area contributed by atoms with Crippen molar-refractivity contribution in [3.05, 3.63) is 24.8 Å². The zero-order valence-corrected chi connectivity index (χ0v) is 27.4. The molecule has 5 aliphatic rings. The Balaban J connectivity index is 0. The summed E-state index contributed by atoms with van der Waals surface area (Å²) in [5.74, 6) is -0.412. The van der Waals surface area contributed by atoms with Gasteiger partial charge in [0.2, 0.25) is 0 Å². The van der Waals surface area contributed by atoms with Gasteiger partial charge in [-0.05, 0) is 38.2 Å². The number of allylic oxidation sites excluding steroid dienone is 1. The van der Waals surface area contributed by atoms with Crippen LogP contribution in [0, 0.1) is 6.08 Å². The minimum absolute atomic E-state index is 0. The Morgan fingerprint density at radius 1 is 0.833 bits per heavy atom. The number of carbonyl (C=O) groups is 1. The Bertz CT molecular complexity index is 604. The molecule has 206 valence electrons. The average molecular weight is 700 g/mol. The van der Waals surface area contributed by atoms with Crippen molar-refractivity contribution in [2.24, 2.45) is 0 Å². The minimum atomic E-state index is -0.694. The van der Waals surface area contributed by atoms with Crippen LogP contribution in [0.2, 0.25) is 0 Å². The summed E-state index contributed by atoms with van der Waals surface area (Å²) >= 11 is 0. The number of rotatable bonds is 1. The standard InChI is InChI=1S/C11H18O3.C8H12O3.C4H8O.C3H5.BrH.HI.Mg/c1-9(2)10(12)3-5-11(6-4-10)13-7-8-14-11;9-7-1-3-8(4-2-7)10-5-6-11-8;1-2-4-5-3-1;1-3-2;;;/h12H,1,3-8H2,2H3;1-6H2;1-4H2;1H2,2H3;2*1H;/q;;;-1;;;+2/p-1. The van der Waals surface area contributed by atoms with Gasteiger partial charge >= 0.3 is 23.1 Å². The van der Waals surface area contributed by atoms with E-state index in [2.05, 4.69) is 19.2 Å². The van der Waals surface area contributed by atoms with Crippen molar-refractivity contribution in [3.63, 3.8) is 0 Å². The molecule has 2 saturated carbocycles. The molecule has 2 aliphatic carbocycles. The molecule has 0 atom stereocenters. The van der Waals surface area contributed by atoms with Crippen molar-refractivity contribution < 1.29 is 50.6 Å². The van der Waals surface area contributed by atoms with Gasteiger partial charge in [-0.15, -0.1) is 24.0 Å². The van der Waals surface area contributed by atoms with Gasteiger partial charge in [-0.1, -0.05) is 6.58 Å². The molecule has 0 unspecified atom stereocenters. The van der Waals surface area contributed by atoms with E-state index in [1.807, 2.05) is 6.92 Å². The number of hydrogen-bond donors (Lipinski definition) is 1. The molecule has 0 aromatic heterocycles. The van der Waals surface area contributed by atoms with Crippen LogP contribution in [-0.4, -0.2) is 90.8 Å². The molecular weight excluding hydrogens is 655 g/mol. The number of ketones is 1. The molecule has 3 aliphatic heterocycles. The van der Waals surface area contributed by atoms with Gasteiger partial charge in [0, 0.05) is 51.7 Å². The zero-order valence-electron chi connectivity index (χ0n) is 22.1. The van der Waals surface area contributed by atoms with Crippen molar-refractivity contribution in [1.82, 2.24) is 0 Å². The normalized spacial score (nSPS) is 24.1. The first-order valence-electron chi connectivity index (χ1n) is 12.3. The van der Waals surface area contributed by atoms with E-state index in [1.165, 1.54) is 12.8 Å². The average Bonchev–Trinajstić information content (AvgIpc) is 3.59. The Morgan fingerprint density at radius 3 is 1.50 bits per heavy atom. The number of aliphatic hydroxyl groups is 1. The molecule has 2 spiro atoms. The third-order valence-electron chi connectivity index (χ3n) is 6.66. The quantitative estimate of drug-likeness (QED) is 0.193. The summed E-state index contributed by atoms with van der Waals surface area (Å²) in [6.07, 6.45) is 10.8. The molecule has 1 N–H and O–H groups in total. The first kappa shape index (κ1) is 39.0. The number of halogens is 2. The maximum Gasteiger partial charge on any atom is 2.00 e. The summed E-state index contributed by atoms with van der Waals surface area (Å²) in [5.41, 5.74) is 0.158. The second-order valence-corrected chi connectivity index (χ2v) is 9.24. The monoisotopic (exact) mass is 698 g/mol. The molecule has 0 amide bonds. The SMILES string of the molecule is C1CCOC1.C=C(C)C1(O)CCC2(CC1)OCCO2.C=[C-]C.I.O=C1CCC2(CC1)OCCO2.[Br-].[Mg+2]. The molecular formula is C26H44BrIMgO7. The fourth-order valence-electron chi connectivity index (χ4n) is 4.46. The molecule has 36 heavy (non-hydrogen) atoms. The van der Waals surface area contributed by atoms with E-state index in [4.69, 9.17) is 23.7 Å². The van der Waals surface area contributed by atoms with E-state index in [9.17, 15) is 9.90 Å². The number of Topliss-reactive ketones (excluding diaryl/α,β-unsaturated/α-hetero) is 1. The Hall–Kier alpha value is 0.886. The van der Waals surface area contributed by atoms with Crippen LogP contribution < -0.4 is 17.0 Å². The van der Waals surface area contributed by atoms with Crippen LogP contribution in [0.25, 0.3) is 0 Å². The van der Waals surface area contributed by atoms with E-state index < -0.39 is 5.60 Å². The third-order valence-corrected chi connectivity index (χ3v) is 6.66. The van der Waals surface area contributed by atoms with Gasteiger partial charge < -0.3 is 51.8 Å². The summed E-state index contributed by atoms with van der Waals surface area (Å²) in [4.78, 5) is 10.9. The van der Waals surface area contributed by atoms with Gasteiger partial charge in [0.15, 0.2) is 11.6 Å². The first-order valence-corrected chi connectivity index (χ1v) is 12.3. The fraction of sp³-hybridized carbons (Fsp3) is 0.808. The number of carbonyl (C=O) groups excluding carboxylic acids is 1. The maximum atomic E-state index is 10.9. The molecule has 7 nitrogen and oxygen atoms in total. The van der Waals surface area contributed by atoms with Gasteiger partial charge in [-0.2, -0.15) is 6.92 Å². The third kappa shape index (κ3) is 12.8.